The third-order valence-electron chi connectivity index (χ3n) is 5.47. The van der Waals surface area contributed by atoms with E-state index in [4.69, 9.17) is 14.5 Å². The Labute approximate surface area is 174 Å². The van der Waals surface area contributed by atoms with Crippen LogP contribution in [-0.4, -0.2) is 69.4 Å². The van der Waals surface area contributed by atoms with Crippen molar-refractivity contribution in [3.8, 4) is 0 Å². The lowest BCUT2D eigenvalue weighted by atomic mass is 9.97. The van der Waals surface area contributed by atoms with Gasteiger partial charge in [0.15, 0.2) is 5.96 Å². The van der Waals surface area contributed by atoms with E-state index in [0.717, 1.165) is 64.7 Å². The Morgan fingerprint density at radius 1 is 1.14 bits per heavy atom. The second-order valence-corrected chi connectivity index (χ2v) is 7.45. The number of anilines is 1. The number of aliphatic imine (C=N–C) groups is 1. The van der Waals surface area contributed by atoms with Crippen molar-refractivity contribution in [2.45, 2.75) is 33.2 Å². The molecule has 2 aliphatic rings. The van der Waals surface area contributed by atoms with E-state index in [0.29, 0.717) is 13.2 Å². The normalized spacial score (nSPS) is 18.6. The quantitative estimate of drug-likeness (QED) is 0.447. The van der Waals surface area contributed by atoms with Crippen LogP contribution in [0, 0.1) is 5.92 Å². The zero-order valence-electron chi connectivity index (χ0n) is 17.7. The number of likely N-dealkylation sites (tertiary alicyclic amines) is 1. The van der Waals surface area contributed by atoms with Gasteiger partial charge in [-0.1, -0.05) is 12.1 Å². The predicted molar refractivity (Wildman–Crippen MR) is 115 cm³/mol. The molecular formula is C22H34N4O3. The van der Waals surface area contributed by atoms with Gasteiger partial charge < -0.3 is 24.6 Å². The molecule has 160 valence electrons. The minimum absolute atomic E-state index is 0.0156. The topological polar surface area (TPSA) is 66.4 Å². The third-order valence-corrected chi connectivity index (χ3v) is 5.47. The largest absolute Gasteiger partial charge is 0.466 e. The van der Waals surface area contributed by atoms with E-state index in [9.17, 15) is 4.79 Å². The second-order valence-electron chi connectivity index (χ2n) is 7.45. The fourth-order valence-corrected chi connectivity index (χ4v) is 3.81. The zero-order valence-corrected chi connectivity index (χ0v) is 17.7. The highest BCUT2D eigenvalue weighted by atomic mass is 16.5. The fraction of sp³-hybridized carbons (Fsp3) is 0.636. The molecule has 0 spiro atoms. The first-order valence-electron chi connectivity index (χ1n) is 10.8. The Morgan fingerprint density at radius 3 is 2.45 bits per heavy atom. The van der Waals surface area contributed by atoms with Gasteiger partial charge in [-0.05, 0) is 44.4 Å². The Bertz CT molecular complexity index is 663. The summed E-state index contributed by atoms with van der Waals surface area (Å²) >= 11 is 0. The monoisotopic (exact) mass is 402 g/mol. The number of guanidine groups is 1. The van der Waals surface area contributed by atoms with Crippen molar-refractivity contribution >= 4 is 17.6 Å². The Hall–Kier alpha value is -2.28. The third kappa shape index (κ3) is 6.10. The molecule has 2 heterocycles. The number of benzene rings is 1. The first kappa shape index (κ1) is 21.4. The summed E-state index contributed by atoms with van der Waals surface area (Å²) < 4.78 is 10.6. The maximum absolute atomic E-state index is 12.0. The highest BCUT2D eigenvalue weighted by molar-refractivity contribution is 5.80. The molecule has 0 saturated carbocycles. The molecule has 0 aliphatic carbocycles. The average molecular weight is 403 g/mol. The van der Waals surface area contributed by atoms with E-state index in [-0.39, 0.29) is 11.9 Å². The van der Waals surface area contributed by atoms with E-state index in [1.54, 1.807) is 0 Å². The number of esters is 1. The van der Waals surface area contributed by atoms with Gasteiger partial charge in [-0.3, -0.25) is 4.79 Å². The van der Waals surface area contributed by atoms with Crippen molar-refractivity contribution < 1.29 is 14.3 Å². The predicted octanol–water partition coefficient (Wildman–Crippen LogP) is 2.26. The molecule has 0 atom stereocenters. The van der Waals surface area contributed by atoms with Crippen LogP contribution in [0.15, 0.2) is 29.3 Å². The molecule has 1 aromatic carbocycles. The molecule has 2 saturated heterocycles. The van der Waals surface area contributed by atoms with Crippen LogP contribution in [0.25, 0.3) is 0 Å². The van der Waals surface area contributed by atoms with Crippen LogP contribution >= 0.6 is 0 Å². The van der Waals surface area contributed by atoms with Crippen LogP contribution < -0.4 is 10.2 Å². The molecule has 1 N–H and O–H groups in total. The molecule has 0 aromatic heterocycles. The summed E-state index contributed by atoms with van der Waals surface area (Å²) in [6.07, 6.45) is 1.63. The summed E-state index contributed by atoms with van der Waals surface area (Å²) in [6.45, 7) is 11.0. The van der Waals surface area contributed by atoms with Gasteiger partial charge in [-0.2, -0.15) is 0 Å². The van der Waals surface area contributed by atoms with E-state index in [1.807, 2.05) is 6.92 Å². The number of piperidine rings is 1. The van der Waals surface area contributed by atoms with Crippen molar-refractivity contribution in [1.82, 2.24) is 10.2 Å². The number of hydrogen-bond acceptors (Lipinski definition) is 5. The molecule has 0 radical (unpaired) electrons. The van der Waals surface area contributed by atoms with Gasteiger partial charge in [0, 0.05) is 38.4 Å². The first-order valence-corrected chi connectivity index (χ1v) is 10.8. The van der Waals surface area contributed by atoms with Gasteiger partial charge in [-0.25, -0.2) is 4.99 Å². The fourth-order valence-electron chi connectivity index (χ4n) is 3.81. The van der Waals surface area contributed by atoms with Crippen LogP contribution in [0.3, 0.4) is 0 Å². The van der Waals surface area contributed by atoms with Gasteiger partial charge in [-0.15, -0.1) is 0 Å². The number of morpholine rings is 1. The highest BCUT2D eigenvalue weighted by Gasteiger charge is 2.27. The van der Waals surface area contributed by atoms with Gasteiger partial charge in [0.1, 0.15) is 0 Å². The number of hydrogen-bond donors (Lipinski definition) is 1. The summed E-state index contributed by atoms with van der Waals surface area (Å²) in [5.41, 5.74) is 2.44. The second kappa shape index (κ2) is 11.0. The van der Waals surface area contributed by atoms with Crippen LogP contribution in [0.5, 0.6) is 0 Å². The Kier molecular flexibility index (Phi) is 8.16. The number of nitrogens with one attached hydrogen (secondary N) is 1. The van der Waals surface area contributed by atoms with Crippen molar-refractivity contribution in [1.29, 1.82) is 0 Å². The summed E-state index contributed by atoms with van der Waals surface area (Å²) in [6, 6.07) is 8.66. The van der Waals surface area contributed by atoms with E-state index in [1.165, 1.54) is 11.3 Å². The van der Waals surface area contributed by atoms with Gasteiger partial charge in [0.25, 0.3) is 0 Å². The average Bonchev–Trinajstić information content (AvgIpc) is 2.78. The number of ether oxygens (including phenoxy) is 2. The Morgan fingerprint density at radius 2 is 1.83 bits per heavy atom. The van der Waals surface area contributed by atoms with Crippen molar-refractivity contribution in [2.24, 2.45) is 10.9 Å². The van der Waals surface area contributed by atoms with Gasteiger partial charge in [0.2, 0.25) is 0 Å². The lowest BCUT2D eigenvalue weighted by Gasteiger charge is -2.33. The van der Waals surface area contributed by atoms with Gasteiger partial charge >= 0.3 is 5.97 Å². The smallest absolute Gasteiger partial charge is 0.309 e. The lowest BCUT2D eigenvalue weighted by Crippen LogP contribution is -2.46. The standard InChI is InChI=1S/C22H34N4O3/c1-3-23-22(26-11-9-19(10-12-26)21(27)29-4-2)24-17-18-5-7-20(8-6-18)25-13-15-28-16-14-25/h5-8,19H,3-4,9-17H2,1-2H3,(H,23,24). The molecule has 3 rings (SSSR count). The van der Waals surface area contributed by atoms with E-state index < -0.39 is 0 Å². The Balaban J connectivity index is 1.56. The summed E-state index contributed by atoms with van der Waals surface area (Å²) in [7, 11) is 0. The maximum Gasteiger partial charge on any atom is 0.309 e. The molecule has 2 fully saturated rings. The van der Waals surface area contributed by atoms with Gasteiger partial charge in [0.05, 0.1) is 32.3 Å². The minimum Gasteiger partial charge on any atom is -0.466 e. The highest BCUT2D eigenvalue weighted by Crippen LogP contribution is 2.20. The SMILES string of the molecule is CCNC(=NCc1ccc(N2CCOCC2)cc1)N1CCC(C(=O)OCC)CC1. The summed E-state index contributed by atoms with van der Waals surface area (Å²) in [5, 5.41) is 3.39. The van der Waals surface area contributed by atoms with Crippen LogP contribution in [0.1, 0.15) is 32.3 Å². The van der Waals surface area contributed by atoms with Crippen molar-refractivity contribution in [2.75, 3.05) is 57.4 Å². The number of rotatable bonds is 6. The molecule has 29 heavy (non-hydrogen) atoms. The summed E-state index contributed by atoms with van der Waals surface area (Å²) in [5.74, 6) is 0.878. The maximum atomic E-state index is 12.0. The molecule has 0 unspecified atom stereocenters. The van der Waals surface area contributed by atoms with Crippen LogP contribution in [0.2, 0.25) is 0 Å². The van der Waals surface area contributed by atoms with Crippen molar-refractivity contribution in [3.63, 3.8) is 0 Å². The van der Waals surface area contributed by atoms with E-state index >= 15 is 0 Å². The number of carbonyl (C=O) groups excluding carboxylic acids is 1. The lowest BCUT2D eigenvalue weighted by molar-refractivity contribution is -0.149. The number of nitrogens with zero attached hydrogens (tertiary/aromatic N) is 3. The first-order chi connectivity index (χ1) is 14.2. The molecule has 7 heteroatoms. The number of carbonyl (C=O) groups is 1. The minimum atomic E-state index is -0.0607. The molecular weight excluding hydrogens is 368 g/mol. The van der Waals surface area contributed by atoms with Crippen molar-refractivity contribution in [3.05, 3.63) is 29.8 Å². The molecule has 1 aromatic rings. The summed E-state index contributed by atoms with van der Waals surface area (Å²) in [4.78, 5) is 21.4. The molecule has 0 bridgehead atoms. The molecule has 0 amide bonds. The molecule has 2 aliphatic heterocycles. The van der Waals surface area contributed by atoms with E-state index in [2.05, 4.69) is 46.3 Å². The van der Waals surface area contributed by atoms with Crippen LogP contribution in [0.4, 0.5) is 5.69 Å². The molecule has 7 nitrogen and oxygen atoms in total. The zero-order chi connectivity index (χ0) is 20.5. The van der Waals surface area contributed by atoms with Crippen LogP contribution in [-0.2, 0) is 20.8 Å².